The van der Waals surface area contributed by atoms with Crippen LogP contribution in [0.25, 0.3) is 0 Å². The van der Waals surface area contributed by atoms with E-state index in [9.17, 15) is 14.3 Å². The van der Waals surface area contributed by atoms with E-state index in [1.807, 2.05) is 6.92 Å². The van der Waals surface area contributed by atoms with E-state index >= 15 is 0 Å². The summed E-state index contributed by atoms with van der Waals surface area (Å²) < 4.78 is 13.6. The monoisotopic (exact) mass is 315 g/mol. The molecule has 2 rings (SSSR count). The van der Waals surface area contributed by atoms with Gasteiger partial charge >= 0.3 is 0 Å². The van der Waals surface area contributed by atoms with Crippen molar-refractivity contribution in [3.05, 3.63) is 34.1 Å². The molecule has 1 amide bonds. The minimum absolute atomic E-state index is 0.0557. The molecule has 1 aliphatic rings. The summed E-state index contributed by atoms with van der Waals surface area (Å²) in [6, 6.07) is 4.23. The highest BCUT2D eigenvalue weighted by atomic mass is 79.9. The second-order valence-corrected chi connectivity index (χ2v) is 5.41. The molecule has 18 heavy (non-hydrogen) atoms. The van der Waals surface area contributed by atoms with Crippen molar-refractivity contribution in [3.63, 3.8) is 0 Å². The zero-order valence-electron chi connectivity index (χ0n) is 10.1. The molecule has 1 saturated heterocycles. The van der Waals surface area contributed by atoms with Gasteiger partial charge in [0.2, 0.25) is 0 Å². The average Bonchev–Trinajstić information content (AvgIpc) is 2.73. The highest BCUT2D eigenvalue weighted by molar-refractivity contribution is 9.10. The molecule has 1 heterocycles. The smallest absolute Gasteiger partial charge is 0.255 e. The van der Waals surface area contributed by atoms with Crippen LogP contribution in [0.5, 0.6) is 0 Å². The van der Waals surface area contributed by atoms with E-state index in [-0.39, 0.29) is 28.9 Å². The first-order chi connectivity index (χ1) is 8.56. The Morgan fingerprint density at radius 1 is 1.61 bits per heavy atom. The Labute approximate surface area is 114 Å². The molecule has 1 aromatic rings. The van der Waals surface area contributed by atoms with Gasteiger partial charge in [-0.25, -0.2) is 4.39 Å². The highest BCUT2D eigenvalue weighted by Crippen LogP contribution is 2.28. The number of hydrogen-bond acceptors (Lipinski definition) is 2. The average molecular weight is 316 g/mol. The first kappa shape index (κ1) is 13.5. The van der Waals surface area contributed by atoms with E-state index < -0.39 is 5.82 Å². The van der Waals surface area contributed by atoms with Crippen LogP contribution in [-0.2, 0) is 0 Å². The molecule has 1 N–H and O–H groups in total. The van der Waals surface area contributed by atoms with Gasteiger partial charge in [0.05, 0.1) is 22.7 Å². The van der Waals surface area contributed by atoms with E-state index in [4.69, 9.17) is 0 Å². The summed E-state index contributed by atoms with van der Waals surface area (Å²) in [5.74, 6) is -0.412. The third kappa shape index (κ3) is 2.29. The molecule has 3 nitrogen and oxygen atoms in total. The SMILES string of the molecule is CC1CCN(C(=O)c2cccc(F)c2Br)C1CO. The van der Waals surface area contributed by atoms with E-state index in [0.717, 1.165) is 6.42 Å². The lowest BCUT2D eigenvalue weighted by atomic mass is 10.0. The van der Waals surface area contributed by atoms with Gasteiger partial charge in [-0.15, -0.1) is 0 Å². The Morgan fingerprint density at radius 3 is 3.00 bits per heavy atom. The molecule has 2 unspecified atom stereocenters. The second-order valence-electron chi connectivity index (χ2n) is 4.62. The molecule has 0 spiro atoms. The summed E-state index contributed by atoms with van der Waals surface area (Å²) in [4.78, 5) is 14.0. The Balaban J connectivity index is 2.29. The zero-order chi connectivity index (χ0) is 13.3. The van der Waals surface area contributed by atoms with Gasteiger partial charge < -0.3 is 10.0 Å². The maximum absolute atomic E-state index is 13.4. The summed E-state index contributed by atoms with van der Waals surface area (Å²) in [6.45, 7) is 2.56. The van der Waals surface area contributed by atoms with E-state index in [0.29, 0.717) is 12.1 Å². The maximum Gasteiger partial charge on any atom is 0.255 e. The molecule has 0 aliphatic carbocycles. The number of carbonyl (C=O) groups excluding carboxylic acids is 1. The van der Waals surface area contributed by atoms with Crippen LogP contribution in [0.15, 0.2) is 22.7 Å². The van der Waals surface area contributed by atoms with Crippen LogP contribution >= 0.6 is 15.9 Å². The first-order valence-corrected chi connectivity index (χ1v) is 6.71. The minimum Gasteiger partial charge on any atom is -0.394 e. The number of rotatable bonds is 2. The predicted molar refractivity (Wildman–Crippen MR) is 69.8 cm³/mol. The number of aliphatic hydroxyl groups is 1. The molecule has 0 bridgehead atoms. The number of benzene rings is 1. The Hall–Kier alpha value is -0.940. The number of carbonyl (C=O) groups is 1. The van der Waals surface area contributed by atoms with Crippen molar-refractivity contribution in [1.29, 1.82) is 0 Å². The lowest BCUT2D eigenvalue weighted by Crippen LogP contribution is -2.40. The van der Waals surface area contributed by atoms with Crippen molar-refractivity contribution in [2.75, 3.05) is 13.2 Å². The Morgan fingerprint density at radius 2 is 2.33 bits per heavy atom. The molecule has 2 atom stereocenters. The van der Waals surface area contributed by atoms with Gasteiger partial charge in [-0.3, -0.25) is 4.79 Å². The first-order valence-electron chi connectivity index (χ1n) is 5.92. The highest BCUT2D eigenvalue weighted by Gasteiger charge is 2.35. The molecule has 0 saturated carbocycles. The molecular weight excluding hydrogens is 301 g/mol. The predicted octanol–water partition coefficient (Wildman–Crippen LogP) is 2.43. The van der Waals surface area contributed by atoms with Gasteiger partial charge in [0.15, 0.2) is 0 Å². The topological polar surface area (TPSA) is 40.5 Å². The molecule has 5 heteroatoms. The van der Waals surface area contributed by atoms with Crippen molar-refractivity contribution >= 4 is 21.8 Å². The van der Waals surface area contributed by atoms with Crippen LogP contribution in [0.4, 0.5) is 4.39 Å². The summed E-state index contributed by atoms with van der Waals surface area (Å²) in [5.41, 5.74) is 0.308. The number of halogens is 2. The number of amides is 1. The van der Waals surface area contributed by atoms with Gasteiger partial charge in [-0.2, -0.15) is 0 Å². The quantitative estimate of drug-likeness (QED) is 0.910. The van der Waals surface area contributed by atoms with Gasteiger partial charge in [0, 0.05) is 6.54 Å². The van der Waals surface area contributed by atoms with E-state index in [2.05, 4.69) is 15.9 Å². The van der Waals surface area contributed by atoms with Crippen LogP contribution in [0.3, 0.4) is 0 Å². The van der Waals surface area contributed by atoms with Crippen molar-refractivity contribution in [1.82, 2.24) is 4.90 Å². The fourth-order valence-corrected chi connectivity index (χ4v) is 2.80. The lowest BCUT2D eigenvalue weighted by molar-refractivity contribution is 0.0646. The fraction of sp³-hybridized carbons (Fsp3) is 0.462. The van der Waals surface area contributed by atoms with Crippen molar-refractivity contribution in [2.24, 2.45) is 5.92 Å². The summed E-state index contributed by atoms with van der Waals surface area (Å²) in [5, 5.41) is 9.35. The fourth-order valence-electron chi connectivity index (χ4n) is 2.36. The number of aliphatic hydroxyl groups excluding tert-OH is 1. The summed E-state index contributed by atoms with van der Waals surface area (Å²) in [6.07, 6.45) is 0.865. The van der Waals surface area contributed by atoms with Crippen LogP contribution < -0.4 is 0 Å². The van der Waals surface area contributed by atoms with Gasteiger partial charge in [0.25, 0.3) is 5.91 Å². The van der Waals surface area contributed by atoms with Crippen LogP contribution in [0.1, 0.15) is 23.7 Å². The van der Waals surface area contributed by atoms with Crippen molar-refractivity contribution in [2.45, 2.75) is 19.4 Å². The number of nitrogens with zero attached hydrogens (tertiary/aromatic N) is 1. The van der Waals surface area contributed by atoms with E-state index in [1.165, 1.54) is 12.1 Å². The number of likely N-dealkylation sites (tertiary alicyclic amines) is 1. The molecule has 1 fully saturated rings. The van der Waals surface area contributed by atoms with Gasteiger partial charge in [-0.05, 0) is 40.4 Å². The Kier molecular flexibility index (Phi) is 4.02. The lowest BCUT2D eigenvalue weighted by Gasteiger charge is -2.25. The third-order valence-corrected chi connectivity index (χ3v) is 4.32. The van der Waals surface area contributed by atoms with Crippen LogP contribution in [0, 0.1) is 11.7 Å². The normalized spacial score (nSPS) is 23.4. The molecule has 98 valence electrons. The van der Waals surface area contributed by atoms with Crippen molar-refractivity contribution < 1.29 is 14.3 Å². The molecule has 0 aromatic heterocycles. The molecule has 1 aromatic carbocycles. The van der Waals surface area contributed by atoms with Crippen LogP contribution in [0.2, 0.25) is 0 Å². The Bertz CT molecular complexity index is 466. The largest absolute Gasteiger partial charge is 0.394 e. The van der Waals surface area contributed by atoms with Gasteiger partial charge in [0.1, 0.15) is 5.82 Å². The minimum atomic E-state index is -0.450. The molecular formula is C13H15BrFNO2. The maximum atomic E-state index is 13.4. The molecule has 1 aliphatic heterocycles. The number of hydrogen-bond donors (Lipinski definition) is 1. The second kappa shape index (κ2) is 5.36. The van der Waals surface area contributed by atoms with Gasteiger partial charge in [-0.1, -0.05) is 13.0 Å². The van der Waals surface area contributed by atoms with E-state index in [1.54, 1.807) is 11.0 Å². The zero-order valence-corrected chi connectivity index (χ0v) is 11.7. The standard InChI is InChI=1S/C13H15BrFNO2/c1-8-5-6-16(11(8)7-17)13(18)9-3-2-4-10(15)12(9)14/h2-4,8,11,17H,5-7H2,1H3. The van der Waals surface area contributed by atoms with Crippen molar-refractivity contribution in [3.8, 4) is 0 Å². The third-order valence-electron chi connectivity index (χ3n) is 3.51. The molecule has 0 radical (unpaired) electrons. The summed E-state index contributed by atoms with van der Waals surface area (Å²) >= 11 is 3.10. The van der Waals surface area contributed by atoms with Crippen LogP contribution in [-0.4, -0.2) is 35.1 Å². The summed E-state index contributed by atoms with van der Waals surface area (Å²) in [7, 11) is 0.